The van der Waals surface area contributed by atoms with Crippen molar-refractivity contribution in [3.63, 3.8) is 0 Å². The van der Waals surface area contributed by atoms with E-state index in [9.17, 15) is 8.42 Å². The fourth-order valence-corrected chi connectivity index (χ4v) is 2.10. The van der Waals surface area contributed by atoms with E-state index < -0.39 is 10.1 Å². The van der Waals surface area contributed by atoms with Crippen molar-refractivity contribution in [2.75, 3.05) is 0 Å². The average molecular weight is 264 g/mol. The second-order valence-corrected chi connectivity index (χ2v) is 5.15. The van der Waals surface area contributed by atoms with Gasteiger partial charge in [-0.25, -0.2) is 0 Å². The number of benzene rings is 1. The lowest BCUT2D eigenvalue weighted by Gasteiger charge is -2.00. The van der Waals surface area contributed by atoms with Gasteiger partial charge in [0.25, 0.3) is 0 Å². The molecule has 0 aliphatic rings. The summed E-state index contributed by atoms with van der Waals surface area (Å²) in [6.07, 6.45) is 3.17. The monoisotopic (exact) mass is 264 g/mol. The van der Waals surface area contributed by atoms with Crippen LogP contribution in [0.25, 0.3) is 0 Å². The van der Waals surface area contributed by atoms with Gasteiger partial charge >= 0.3 is 10.1 Å². The number of hydrogen-bond acceptors (Lipinski definition) is 4. The highest BCUT2D eigenvalue weighted by Gasteiger charge is 2.14. The lowest BCUT2D eigenvalue weighted by atomic mass is 10.4. The molecule has 0 fully saturated rings. The van der Waals surface area contributed by atoms with E-state index in [-0.39, 0.29) is 4.90 Å². The minimum atomic E-state index is -3.83. The first-order valence-electron chi connectivity index (χ1n) is 5.23. The SMILES string of the molecule is Cn1cccc1/C=N/OS(=O)(=O)c1ccccc1. The third-order valence-corrected chi connectivity index (χ3v) is 3.47. The maximum atomic E-state index is 11.7. The molecule has 0 spiro atoms. The van der Waals surface area contributed by atoms with Crippen LogP contribution in [0, 0.1) is 0 Å². The number of hydrogen-bond donors (Lipinski definition) is 0. The molecule has 2 aromatic rings. The van der Waals surface area contributed by atoms with Gasteiger partial charge in [0.2, 0.25) is 0 Å². The molecule has 6 heteroatoms. The van der Waals surface area contributed by atoms with Crippen molar-refractivity contribution in [2.45, 2.75) is 4.90 Å². The van der Waals surface area contributed by atoms with Crippen LogP contribution in [0.2, 0.25) is 0 Å². The molecule has 0 unspecified atom stereocenters. The smallest absolute Gasteiger partial charge is 0.350 e. The van der Waals surface area contributed by atoms with Gasteiger partial charge < -0.3 is 4.57 Å². The maximum Gasteiger partial charge on any atom is 0.358 e. The number of rotatable bonds is 4. The van der Waals surface area contributed by atoms with E-state index in [1.165, 1.54) is 18.3 Å². The van der Waals surface area contributed by atoms with E-state index in [0.29, 0.717) is 0 Å². The summed E-state index contributed by atoms with van der Waals surface area (Å²) in [6.45, 7) is 0. The third-order valence-electron chi connectivity index (χ3n) is 2.34. The number of oxime groups is 1. The Hall–Kier alpha value is -2.08. The summed E-state index contributed by atoms with van der Waals surface area (Å²) in [6, 6.07) is 11.5. The molecular formula is C12H12N2O3S. The van der Waals surface area contributed by atoms with Gasteiger partial charge in [-0.3, -0.25) is 4.28 Å². The molecule has 2 rings (SSSR count). The van der Waals surface area contributed by atoms with Crippen LogP contribution in [-0.2, 0) is 21.4 Å². The topological polar surface area (TPSA) is 60.7 Å². The molecule has 0 atom stereocenters. The lowest BCUT2D eigenvalue weighted by Crippen LogP contribution is -2.03. The van der Waals surface area contributed by atoms with E-state index in [2.05, 4.69) is 9.44 Å². The van der Waals surface area contributed by atoms with E-state index in [4.69, 9.17) is 0 Å². The summed E-state index contributed by atoms with van der Waals surface area (Å²) in [4.78, 5) is 0.0778. The van der Waals surface area contributed by atoms with E-state index >= 15 is 0 Å². The van der Waals surface area contributed by atoms with Crippen LogP contribution in [0.3, 0.4) is 0 Å². The summed E-state index contributed by atoms with van der Waals surface area (Å²) < 4.78 is 29.8. The second-order valence-electron chi connectivity index (χ2n) is 3.62. The maximum absolute atomic E-state index is 11.7. The molecule has 5 nitrogen and oxygen atoms in total. The lowest BCUT2D eigenvalue weighted by molar-refractivity contribution is 0.341. The molecule has 0 bridgehead atoms. The van der Waals surface area contributed by atoms with Gasteiger partial charge in [0.05, 0.1) is 11.9 Å². The Bertz CT molecular complexity index is 645. The molecule has 1 aromatic carbocycles. The Morgan fingerprint density at radius 2 is 1.89 bits per heavy atom. The largest absolute Gasteiger partial charge is 0.358 e. The summed E-state index contributed by atoms with van der Waals surface area (Å²) >= 11 is 0. The number of nitrogens with zero attached hydrogens (tertiary/aromatic N) is 2. The normalized spacial score (nSPS) is 11.8. The minimum absolute atomic E-state index is 0.0778. The Morgan fingerprint density at radius 3 is 2.50 bits per heavy atom. The van der Waals surface area contributed by atoms with Crippen LogP contribution in [0.15, 0.2) is 58.7 Å². The fraction of sp³-hybridized carbons (Fsp3) is 0.0833. The summed E-state index contributed by atoms with van der Waals surface area (Å²) in [7, 11) is -2.01. The third kappa shape index (κ3) is 2.78. The fourth-order valence-electron chi connectivity index (χ4n) is 1.37. The molecule has 0 amide bonds. The van der Waals surface area contributed by atoms with E-state index in [1.807, 2.05) is 19.3 Å². The van der Waals surface area contributed by atoms with Crippen LogP contribution in [0.4, 0.5) is 0 Å². The van der Waals surface area contributed by atoms with E-state index in [1.54, 1.807) is 28.8 Å². The number of aromatic nitrogens is 1. The zero-order chi connectivity index (χ0) is 13.0. The van der Waals surface area contributed by atoms with Crippen LogP contribution in [-0.4, -0.2) is 19.2 Å². The van der Waals surface area contributed by atoms with Crippen LogP contribution in [0.5, 0.6) is 0 Å². The van der Waals surface area contributed by atoms with Crippen molar-refractivity contribution in [1.29, 1.82) is 0 Å². The predicted molar refractivity (Wildman–Crippen MR) is 67.7 cm³/mol. The van der Waals surface area contributed by atoms with Gasteiger partial charge in [-0.15, -0.1) is 0 Å². The van der Waals surface area contributed by atoms with Crippen molar-refractivity contribution in [1.82, 2.24) is 4.57 Å². The zero-order valence-corrected chi connectivity index (χ0v) is 10.5. The molecule has 0 radical (unpaired) electrons. The molecule has 0 aliphatic heterocycles. The van der Waals surface area contributed by atoms with Gasteiger partial charge in [0.15, 0.2) is 0 Å². The van der Waals surface area contributed by atoms with Crippen LogP contribution >= 0.6 is 0 Å². The zero-order valence-electron chi connectivity index (χ0n) is 9.72. The highest BCUT2D eigenvalue weighted by molar-refractivity contribution is 7.86. The van der Waals surface area contributed by atoms with Gasteiger partial charge in [0, 0.05) is 13.2 Å². The summed E-state index contributed by atoms with van der Waals surface area (Å²) in [5.74, 6) is 0. The first kappa shape index (κ1) is 12.4. The number of aryl methyl sites for hydroxylation is 1. The Balaban J connectivity index is 2.11. The Morgan fingerprint density at radius 1 is 1.17 bits per heavy atom. The Kier molecular flexibility index (Phi) is 3.47. The molecule has 0 N–H and O–H groups in total. The molecule has 1 aromatic heterocycles. The standard InChI is InChI=1S/C12H12N2O3S/c1-14-9-5-6-11(14)10-13-17-18(15,16)12-7-3-2-4-8-12/h2-10H,1H3/b13-10+. The minimum Gasteiger partial charge on any atom is -0.350 e. The van der Waals surface area contributed by atoms with Gasteiger partial charge in [-0.1, -0.05) is 23.4 Å². The molecule has 1 heterocycles. The van der Waals surface area contributed by atoms with E-state index in [0.717, 1.165) is 5.69 Å². The summed E-state index contributed by atoms with van der Waals surface area (Å²) in [5.41, 5.74) is 0.748. The average Bonchev–Trinajstić information content (AvgIpc) is 2.76. The van der Waals surface area contributed by atoms with Crippen molar-refractivity contribution in [3.8, 4) is 0 Å². The van der Waals surface area contributed by atoms with Gasteiger partial charge in [-0.2, -0.15) is 8.42 Å². The summed E-state index contributed by atoms with van der Waals surface area (Å²) in [5, 5.41) is 3.49. The van der Waals surface area contributed by atoms with Crippen molar-refractivity contribution in [3.05, 3.63) is 54.4 Å². The Labute approximate surface area is 105 Å². The molecular weight excluding hydrogens is 252 g/mol. The van der Waals surface area contributed by atoms with Crippen molar-refractivity contribution in [2.24, 2.45) is 12.2 Å². The van der Waals surface area contributed by atoms with Crippen LogP contribution < -0.4 is 0 Å². The quantitative estimate of drug-likeness (QED) is 0.624. The van der Waals surface area contributed by atoms with Crippen molar-refractivity contribution >= 4 is 16.3 Å². The molecule has 94 valence electrons. The van der Waals surface area contributed by atoms with Gasteiger partial charge in [0.1, 0.15) is 4.90 Å². The highest BCUT2D eigenvalue weighted by Crippen LogP contribution is 2.11. The molecule has 18 heavy (non-hydrogen) atoms. The molecule has 0 saturated heterocycles. The van der Waals surface area contributed by atoms with Crippen LogP contribution in [0.1, 0.15) is 5.69 Å². The highest BCUT2D eigenvalue weighted by atomic mass is 32.2. The first-order chi connectivity index (χ1) is 8.59. The predicted octanol–water partition coefficient (Wildman–Crippen LogP) is 1.76. The molecule has 0 saturated carbocycles. The molecule has 0 aliphatic carbocycles. The van der Waals surface area contributed by atoms with Gasteiger partial charge in [-0.05, 0) is 24.3 Å². The van der Waals surface area contributed by atoms with Crippen molar-refractivity contribution < 1.29 is 12.7 Å². The second kappa shape index (κ2) is 5.05. The first-order valence-corrected chi connectivity index (χ1v) is 6.64.